The first-order valence-corrected chi connectivity index (χ1v) is 9.52. The van der Waals surface area contributed by atoms with E-state index in [1.807, 2.05) is 18.2 Å². The summed E-state index contributed by atoms with van der Waals surface area (Å²) in [5.41, 5.74) is 2.18. The summed E-state index contributed by atoms with van der Waals surface area (Å²) in [5, 5.41) is 12.6. The van der Waals surface area contributed by atoms with Crippen molar-refractivity contribution in [1.29, 1.82) is 0 Å². The molecule has 0 bridgehead atoms. The van der Waals surface area contributed by atoms with Crippen molar-refractivity contribution >= 4 is 28.5 Å². The second kappa shape index (κ2) is 5.90. The molecule has 3 aromatic rings. The fraction of sp³-hybridized carbons (Fsp3) is 0.286. The van der Waals surface area contributed by atoms with Gasteiger partial charge in [0.05, 0.1) is 35.4 Å². The smallest absolute Gasteiger partial charge is 0.309 e. The minimum absolute atomic E-state index is 0.128. The lowest BCUT2D eigenvalue weighted by molar-refractivity contribution is -0.149. The van der Waals surface area contributed by atoms with Crippen molar-refractivity contribution in [1.82, 2.24) is 9.55 Å². The Kier molecular flexibility index (Phi) is 3.66. The fourth-order valence-electron chi connectivity index (χ4n) is 4.15. The van der Waals surface area contributed by atoms with Crippen molar-refractivity contribution < 1.29 is 14.6 Å². The van der Waals surface area contributed by atoms with Crippen LogP contribution in [-0.2, 0) is 28.3 Å². The molecule has 4 heterocycles. The van der Waals surface area contributed by atoms with Gasteiger partial charge < -0.3 is 14.4 Å². The number of ether oxygens (including phenoxy) is 1. The minimum Gasteiger partial charge on any atom is -0.460 e. The number of nitrogens with zero attached hydrogens (tertiary/aromatic N) is 2. The number of hydrogen-bond donors (Lipinski definition) is 1. The molecule has 0 aliphatic carbocycles. The SMILES string of the molecule is CCC1(O)CC(=O)OCc2c1cc1n(c2=O)Cc2cc3cc(Cl)ccc3nc2-1. The topological polar surface area (TPSA) is 81.4 Å². The number of rotatable bonds is 1. The number of esters is 1. The average molecular weight is 397 g/mol. The molecule has 2 aliphatic heterocycles. The highest BCUT2D eigenvalue weighted by atomic mass is 35.5. The number of carbonyl (C=O) groups excluding carboxylic acids is 1. The number of aliphatic hydroxyl groups is 1. The molecule has 28 heavy (non-hydrogen) atoms. The van der Waals surface area contributed by atoms with E-state index < -0.39 is 11.6 Å². The summed E-state index contributed by atoms with van der Waals surface area (Å²) in [6.45, 7) is 2.04. The third-order valence-electron chi connectivity index (χ3n) is 5.73. The Balaban J connectivity index is 1.78. The Bertz CT molecular complexity index is 1230. The van der Waals surface area contributed by atoms with Gasteiger partial charge in [-0.15, -0.1) is 0 Å². The van der Waals surface area contributed by atoms with Crippen molar-refractivity contribution in [2.45, 2.75) is 38.5 Å². The van der Waals surface area contributed by atoms with Gasteiger partial charge in [0.25, 0.3) is 5.56 Å². The number of benzene rings is 1. The van der Waals surface area contributed by atoms with Gasteiger partial charge in [0.15, 0.2) is 0 Å². The Morgan fingerprint density at radius 1 is 1.29 bits per heavy atom. The summed E-state index contributed by atoms with van der Waals surface area (Å²) in [6, 6.07) is 9.26. The quantitative estimate of drug-likeness (QED) is 0.500. The number of carbonyl (C=O) groups is 1. The first-order chi connectivity index (χ1) is 13.4. The van der Waals surface area contributed by atoms with Crippen molar-refractivity contribution in [3.63, 3.8) is 0 Å². The van der Waals surface area contributed by atoms with Crippen LogP contribution in [0.15, 0.2) is 35.1 Å². The van der Waals surface area contributed by atoms with Gasteiger partial charge in [-0.2, -0.15) is 0 Å². The van der Waals surface area contributed by atoms with Gasteiger partial charge in [-0.1, -0.05) is 18.5 Å². The van der Waals surface area contributed by atoms with E-state index in [-0.39, 0.29) is 18.6 Å². The van der Waals surface area contributed by atoms with Gasteiger partial charge in [0, 0.05) is 16.0 Å². The first-order valence-electron chi connectivity index (χ1n) is 9.14. The van der Waals surface area contributed by atoms with Crippen molar-refractivity contribution in [3.05, 3.63) is 62.4 Å². The van der Waals surface area contributed by atoms with Crippen molar-refractivity contribution in [2.75, 3.05) is 0 Å². The van der Waals surface area contributed by atoms with Crippen LogP contribution in [0.4, 0.5) is 0 Å². The molecule has 0 saturated carbocycles. The van der Waals surface area contributed by atoms with Gasteiger partial charge in [0.2, 0.25) is 0 Å². The molecule has 0 fully saturated rings. The Morgan fingerprint density at radius 2 is 2.11 bits per heavy atom. The number of cyclic esters (lactones) is 1. The molecule has 0 saturated heterocycles. The van der Waals surface area contributed by atoms with Gasteiger partial charge in [-0.05, 0) is 42.3 Å². The largest absolute Gasteiger partial charge is 0.460 e. The summed E-state index contributed by atoms with van der Waals surface area (Å²) in [5.74, 6) is -0.508. The van der Waals surface area contributed by atoms with Crippen LogP contribution in [0.1, 0.15) is 36.5 Å². The predicted octanol–water partition coefficient (Wildman–Crippen LogP) is 3.12. The maximum Gasteiger partial charge on any atom is 0.309 e. The average Bonchev–Trinajstić information content (AvgIpc) is 2.96. The van der Waals surface area contributed by atoms with Crippen LogP contribution in [0.2, 0.25) is 5.02 Å². The van der Waals surface area contributed by atoms with Gasteiger partial charge in [-0.25, -0.2) is 4.98 Å². The van der Waals surface area contributed by atoms with Crippen LogP contribution < -0.4 is 5.56 Å². The van der Waals surface area contributed by atoms with E-state index in [0.29, 0.717) is 40.5 Å². The zero-order valence-electron chi connectivity index (χ0n) is 15.2. The summed E-state index contributed by atoms with van der Waals surface area (Å²) in [6.07, 6.45) is 0.129. The van der Waals surface area contributed by atoms with E-state index in [0.717, 1.165) is 16.5 Å². The summed E-state index contributed by atoms with van der Waals surface area (Å²) in [4.78, 5) is 29.9. The molecule has 7 heteroatoms. The summed E-state index contributed by atoms with van der Waals surface area (Å²) >= 11 is 6.09. The monoisotopic (exact) mass is 396 g/mol. The second-order valence-corrected chi connectivity index (χ2v) is 7.81. The van der Waals surface area contributed by atoms with Crippen LogP contribution in [0, 0.1) is 0 Å². The zero-order valence-corrected chi connectivity index (χ0v) is 15.9. The van der Waals surface area contributed by atoms with Gasteiger partial charge in [-0.3, -0.25) is 9.59 Å². The molecule has 0 amide bonds. The predicted molar refractivity (Wildman–Crippen MR) is 104 cm³/mol. The third kappa shape index (κ3) is 2.41. The molecule has 1 N–H and O–H groups in total. The minimum atomic E-state index is -1.43. The van der Waals surface area contributed by atoms with Gasteiger partial charge in [0.1, 0.15) is 12.2 Å². The lowest BCUT2D eigenvalue weighted by atomic mass is 9.85. The number of pyridine rings is 2. The third-order valence-corrected chi connectivity index (χ3v) is 5.96. The number of fused-ring (bicyclic) bond motifs is 5. The molecule has 142 valence electrons. The van der Waals surface area contributed by atoms with Crippen LogP contribution in [0.25, 0.3) is 22.3 Å². The van der Waals surface area contributed by atoms with Crippen molar-refractivity contribution in [2.24, 2.45) is 0 Å². The summed E-state index contributed by atoms with van der Waals surface area (Å²) in [7, 11) is 0. The molecule has 2 aliphatic rings. The Hall–Kier alpha value is -2.70. The Morgan fingerprint density at radius 3 is 2.89 bits per heavy atom. The fourth-order valence-corrected chi connectivity index (χ4v) is 4.33. The Labute approximate surface area is 165 Å². The molecule has 1 aromatic carbocycles. The van der Waals surface area contributed by atoms with Crippen LogP contribution in [0.5, 0.6) is 0 Å². The molecule has 6 nitrogen and oxygen atoms in total. The van der Waals surface area contributed by atoms with Crippen LogP contribution in [-0.4, -0.2) is 20.6 Å². The molecular weight excluding hydrogens is 380 g/mol. The van der Waals surface area contributed by atoms with E-state index >= 15 is 0 Å². The maximum absolute atomic E-state index is 13.2. The highest BCUT2D eigenvalue weighted by molar-refractivity contribution is 6.31. The lowest BCUT2D eigenvalue weighted by Gasteiger charge is -2.26. The van der Waals surface area contributed by atoms with Gasteiger partial charge >= 0.3 is 5.97 Å². The number of halogens is 1. The van der Waals surface area contributed by atoms with E-state index in [4.69, 9.17) is 21.3 Å². The molecule has 0 spiro atoms. The molecular formula is C21H17ClN2O4. The number of hydrogen-bond acceptors (Lipinski definition) is 5. The van der Waals surface area contributed by atoms with Crippen LogP contribution >= 0.6 is 11.6 Å². The van der Waals surface area contributed by atoms with Crippen LogP contribution in [0.3, 0.4) is 0 Å². The molecule has 2 aromatic heterocycles. The normalized spacial score (nSPS) is 20.3. The molecule has 1 unspecified atom stereocenters. The molecule has 0 radical (unpaired) electrons. The lowest BCUT2D eigenvalue weighted by Crippen LogP contribution is -2.32. The first kappa shape index (κ1) is 17.4. The van der Waals surface area contributed by atoms with Crippen molar-refractivity contribution in [3.8, 4) is 11.4 Å². The standard InChI is InChI=1S/C21H17ClN2O4/c1-2-21(27)8-18(25)28-10-14-15(21)7-17-19-12(9-24(17)20(14)26)5-11-6-13(22)3-4-16(11)23-19/h3-7,27H,2,8-10H2,1H3. The number of aromatic nitrogens is 2. The highest BCUT2D eigenvalue weighted by Crippen LogP contribution is 2.39. The highest BCUT2D eigenvalue weighted by Gasteiger charge is 2.39. The second-order valence-electron chi connectivity index (χ2n) is 7.37. The van der Waals surface area contributed by atoms with E-state index in [1.54, 1.807) is 23.6 Å². The molecule has 5 rings (SSSR count). The van der Waals surface area contributed by atoms with E-state index in [9.17, 15) is 14.7 Å². The summed E-state index contributed by atoms with van der Waals surface area (Å²) < 4.78 is 6.81. The van der Waals surface area contributed by atoms with E-state index in [1.165, 1.54) is 0 Å². The maximum atomic E-state index is 13.2. The molecule has 1 atom stereocenters. The zero-order chi connectivity index (χ0) is 19.6. The van der Waals surface area contributed by atoms with E-state index in [2.05, 4.69) is 0 Å².